The quantitative estimate of drug-likeness (QED) is 0.364. The highest BCUT2D eigenvalue weighted by Crippen LogP contribution is 2.32. The number of carbonyl (C=O) groups is 1. The second kappa shape index (κ2) is 9.74. The van der Waals surface area contributed by atoms with Crippen molar-refractivity contribution in [3.05, 3.63) is 82.9 Å². The summed E-state index contributed by atoms with van der Waals surface area (Å²) in [4.78, 5) is 38.4. The Kier molecular flexibility index (Phi) is 6.47. The molecule has 5 rings (SSSR count). The average Bonchev–Trinajstić information content (AvgIpc) is 3.15. The normalized spacial score (nSPS) is 14.7. The van der Waals surface area contributed by atoms with Crippen LogP contribution < -0.4 is 10.9 Å². The molecule has 1 fully saturated rings. The third kappa shape index (κ3) is 4.95. The van der Waals surface area contributed by atoms with Crippen LogP contribution in [-0.2, 0) is 16.9 Å². The molecule has 9 heteroatoms. The van der Waals surface area contributed by atoms with Crippen LogP contribution in [0.1, 0.15) is 56.7 Å². The van der Waals surface area contributed by atoms with Gasteiger partial charge in [-0.3, -0.25) is 9.59 Å². The lowest BCUT2D eigenvalue weighted by Crippen LogP contribution is -2.23. The van der Waals surface area contributed by atoms with E-state index in [1.54, 1.807) is 42.8 Å². The zero-order valence-electron chi connectivity index (χ0n) is 21.0. The van der Waals surface area contributed by atoms with Crippen molar-refractivity contribution in [3.63, 3.8) is 0 Å². The molecule has 3 aromatic heterocycles. The molecule has 0 aliphatic heterocycles. The summed E-state index contributed by atoms with van der Waals surface area (Å²) in [6.07, 6.45) is 6.24. The predicted molar refractivity (Wildman–Crippen MR) is 142 cm³/mol. The van der Waals surface area contributed by atoms with Crippen molar-refractivity contribution < 1.29 is 9.90 Å². The van der Waals surface area contributed by atoms with Crippen LogP contribution >= 0.6 is 0 Å². The van der Waals surface area contributed by atoms with E-state index in [1.165, 1.54) is 16.4 Å². The van der Waals surface area contributed by atoms with Gasteiger partial charge in [-0.05, 0) is 62.4 Å². The first-order valence-electron chi connectivity index (χ1n) is 12.4. The Labute approximate surface area is 214 Å². The molecule has 0 amide bonds. The lowest BCUT2D eigenvalue weighted by Gasteiger charge is -2.21. The number of hydrogen-bond donors (Lipinski definition) is 2. The fraction of sp³-hybridized carbons (Fsp3) is 0.321. The monoisotopic (exact) mass is 498 g/mol. The van der Waals surface area contributed by atoms with E-state index < -0.39 is 5.60 Å². The minimum Gasteiger partial charge on any atom is -0.384 e. The van der Waals surface area contributed by atoms with Crippen molar-refractivity contribution in [2.45, 2.75) is 57.6 Å². The summed E-state index contributed by atoms with van der Waals surface area (Å²) < 4.78 is 3.13. The zero-order chi connectivity index (χ0) is 26.2. The van der Waals surface area contributed by atoms with Crippen LogP contribution in [0.5, 0.6) is 0 Å². The van der Waals surface area contributed by atoms with Crippen molar-refractivity contribution in [2.24, 2.45) is 0 Å². The van der Waals surface area contributed by atoms with Crippen LogP contribution in [0.2, 0.25) is 0 Å². The summed E-state index contributed by atoms with van der Waals surface area (Å²) in [5.74, 6) is 1.55. The van der Waals surface area contributed by atoms with Crippen molar-refractivity contribution in [1.82, 2.24) is 24.3 Å². The number of hydrogen-bond acceptors (Lipinski definition) is 7. The molecule has 1 aromatic carbocycles. The average molecular weight is 499 g/mol. The molecule has 1 aliphatic carbocycles. The summed E-state index contributed by atoms with van der Waals surface area (Å²) in [6.45, 7) is 7.35. The van der Waals surface area contributed by atoms with E-state index in [-0.39, 0.29) is 12.1 Å². The molecule has 2 N–H and O–H groups in total. The highest BCUT2D eigenvalue weighted by molar-refractivity contribution is 5.79. The minimum absolute atomic E-state index is 0.251. The van der Waals surface area contributed by atoms with Crippen LogP contribution in [0.4, 0.5) is 11.6 Å². The number of aromatic nitrogens is 5. The number of fused-ring (bicyclic) bond motifs is 1. The van der Waals surface area contributed by atoms with Crippen LogP contribution in [0, 0.1) is 0 Å². The third-order valence-corrected chi connectivity index (χ3v) is 6.74. The summed E-state index contributed by atoms with van der Waals surface area (Å²) in [5, 5.41) is 14.0. The highest BCUT2D eigenvalue weighted by atomic mass is 16.3. The van der Waals surface area contributed by atoms with Gasteiger partial charge in [-0.15, -0.1) is 6.58 Å². The fourth-order valence-electron chi connectivity index (χ4n) is 4.73. The SMILES string of the molecule is C=CCn1c(=O)c2cnc(Nc3ccc(C4CCC(=O)CC4)cc3)nc2n1-c1cccc(C(C)(C)O)n1. The van der Waals surface area contributed by atoms with Crippen molar-refractivity contribution in [1.29, 1.82) is 0 Å². The number of anilines is 2. The molecular formula is C28H30N6O3. The molecule has 0 radical (unpaired) electrons. The topological polar surface area (TPSA) is 115 Å². The standard InChI is InChI=1S/C28H30N6O3/c1-4-16-33-26(36)22-17-29-27(30-20-12-8-18(9-13-20)19-10-14-21(35)15-11-19)32-25(22)34(33)24-7-5-6-23(31-24)28(2,3)37/h4-9,12-13,17,19,37H,1,10-11,14-16H2,2-3H3,(H,29,30,32). The Hall–Kier alpha value is -4.11. The molecule has 0 atom stereocenters. The number of nitrogens with one attached hydrogen (secondary N) is 1. The maximum Gasteiger partial charge on any atom is 0.278 e. The molecule has 1 saturated carbocycles. The minimum atomic E-state index is -1.15. The zero-order valence-corrected chi connectivity index (χ0v) is 21.0. The van der Waals surface area contributed by atoms with Crippen molar-refractivity contribution in [3.8, 4) is 5.82 Å². The summed E-state index contributed by atoms with van der Waals surface area (Å²) in [6, 6.07) is 13.4. The first-order valence-corrected chi connectivity index (χ1v) is 12.4. The summed E-state index contributed by atoms with van der Waals surface area (Å²) in [5.41, 5.74) is 1.50. The number of ketones is 1. The van der Waals surface area contributed by atoms with Gasteiger partial charge in [0.25, 0.3) is 5.56 Å². The molecule has 37 heavy (non-hydrogen) atoms. The number of carbonyl (C=O) groups excluding carboxylic acids is 1. The highest BCUT2D eigenvalue weighted by Gasteiger charge is 2.22. The molecular weight excluding hydrogens is 468 g/mol. The van der Waals surface area contributed by atoms with Gasteiger partial charge in [-0.25, -0.2) is 19.3 Å². The van der Waals surface area contributed by atoms with Gasteiger partial charge >= 0.3 is 0 Å². The number of nitrogens with zero attached hydrogens (tertiary/aromatic N) is 5. The number of pyridine rings is 1. The van der Waals surface area contributed by atoms with Crippen LogP contribution in [-0.4, -0.2) is 35.2 Å². The van der Waals surface area contributed by atoms with Crippen molar-refractivity contribution >= 4 is 28.5 Å². The van der Waals surface area contributed by atoms with Gasteiger partial charge in [0.1, 0.15) is 16.8 Å². The van der Waals surface area contributed by atoms with Crippen molar-refractivity contribution in [2.75, 3.05) is 5.32 Å². The van der Waals surface area contributed by atoms with E-state index in [2.05, 4.69) is 39.0 Å². The summed E-state index contributed by atoms with van der Waals surface area (Å²) >= 11 is 0. The lowest BCUT2D eigenvalue weighted by atomic mass is 9.83. The Morgan fingerprint density at radius 1 is 1.11 bits per heavy atom. The molecule has 1 aliphatic rings. The second-order valence-corrected chi connectivity index (χ2v) is 9.92. The molecule has 0 bridgehead atoms. The van der Waals surface area contributed by atoms with Crippen LogP contribution in [0.3, 0.4) is 0 Å². The van der Waals surface area contributed by atoms with Gasteiger partial charge in [-0.1, -0.05) is 24.3 Å². The maximum absolute atomic E-state index is 13.2. The van der Waals surface area contributed by atoms with Crippen LogP contribution in [0.15, 0.2) is 66.1 Å². The van der Waals surface area contributed by atoms with E-state index in [9.17, 15) is 14.7 Å². The molecule has 9 nitrogen and oxygen atoms in total. The molecule has 190 valence electrons. The molecule has 0 unspecified atom stereocenters. The predicted octanol–water partition coefficient (Wildman–Crippen LogP) is 4.36. The van der Waals surface area contributed by atoms with Crippen LogP contribution in [0.25, 0.3) is 16.9 Å². The van der Waals surface area contributed by atoms with Gasteiger partial charge in [0.2, 0.25) is 5.95 Å². The first kappa shape index (κ1) is 24.6. The number of aliphatic hydroxyl groups is 1. The smallest absolute Gasteiger partial charge is 0.278 e. The Morgan fingerprint density at radius 2 is 1.84 bits per heavy atom. The van der Waals surface area contributed by atoms with Gasteiger partial charge in [0, 0.05) is 24.7 Å². The van der Waals surface area contributed by atoms with Gasteiger partial charge in [0.05, 0.1) is 12.2 Å². The Bertz CT molecular complexity index is 1520. The first-order chi connectivity index (χ1) is 17.7. The number of allylic oxidation sites excluding steroid dienone is 1. The lowest BCUT2D eigenvalue weighted by molar-refractivity contribution is -0.120. The molecule has 4 aromatic rings. The van der Waals surface area contributed by atoms with E-state index in [4.69, 9.17) is 0 Å². The Balaban J connectivity index is 1.50. The molecule has 0 spiro atoms. The van der Waals surface area contributed by atoms with E-state index in [0.29, 0.717) is 53.0 Å². The Morgan fingerprint density at radius 3 is 2.51 bits per heavy atom. The van der Waals surface area contributed by atoms with Gasteiger partial charge < -0.3 is 10.4 Å². The van der Waals surface area contributed by atoms with Gasteiger partial charge in [-0.2, -0.15) is 4.98 Å². The molecule has 0 saturated heterocycles. The number of rotatable bonds is 7. The maximum atomic E-state index is 13.2. The fourth-order valence-corrected chi connectivity index (χ4v) is 4.73. The third-order valence-electron chi connectivity index (χ3n) is 6.74. The number of benzene rings is 1. The summed E-state index contributed by atoms with van der Waals surface area (Å²) in [7, 11) is 0. The van der Waals surface area contributed by atoms with Gasteiger partial charge in [0.15, 0.2) is 11.5 Å². The number of Topliss-reactive ketones (excluding diaryl/α,β-unsaturated/α-hetero) is 1. The second-order valence-electron chi connectivity index (χ2n) is 9.92. The van der Waals surface area contributed by atoms with E-state index in [1.807, 2.05) is 12.1 Å². The molecule has 3 heterocycles. The van der Waals surface area contributed by atoms with E-state index >= 15 is 0 Å². The van der Waals surface area contributed by atoms with E-state index in [0.717, 1.165) is 18.5 Å². The largest absolute Gasteiger partial charge is 0.384 e.